The van der Waals surface area contributed by atoms with Crippen molar-refractivity contribution >= 4 is 17.9 Å². The highest BCUT2D eigenvalue weighted by Gasteiger charge is 2.51. The smallest absolute Gasteiger partial charge is 0.305 e. The van der Waals surface area contributed by atoms with E-state index in [1.807, 2.05) is 0 Å². The molecule has 0 aromatic heterocycles. The third-order valence-electron chi connectivity index (χ3n) is 2.31. The van der Waals surface area contributed by atoms with Gasteiger partial charge in [0.2, 0.25) is 12.4 Å². The lowest BCUT2D eigenvalue weighted by molar-refractivity contribution is -0.195. The Morgan fingerprint density at radius 2 is 1.42 bits per heavy atom. The fourth-order valence-electron chi connectivity index (χ4n) is 1.73. The van der Waals surface area contributed by atoms with Crippen LogP contribution >= 0.6 is 0 Å². The molecule has 0 bridgehead atoms. The molecule has 1 rings (SSSR count). The highest BCUT2D eigenvalue weighted by atomic mass is 19.1. The van der Waals surface area contributed by atoms with Crippen LogP contribution in [-0.2, 0) is 33.3 Å². The first-order chi connectivity index (χ1) is 8.85. The second kappa shape index (κ2) is 6.46. The van der Waals surface area contributed by atoms with Gasteiger partial charge in [0.25, 0.3) is 0 Å². The third-order valence-corrected chi connectivity index (χ3v) is 2.31. The van der Waals surface area contributed by atoms with E-state index in [-0.39, 0.29) is 0 Å². The number of hydrogen-bond donors (Lipinski definition) is 0. The van der Waals surface area contributed by atoms with E-state index in [1.54, 1.807) is 0 Å². The van der Waals surface area contributed by atoms with Crippen LogP contribution < -0.4 is 0 Å². The van der Waals surface area contributed by atoms with Gasteiger partial charge >= 0.3 is 17.9 Å². The van der Waals surface area contributed by atoms with Gasteiger partial charge in [0.1, 0.15) is 12.8 Å². The minimum Gasteiger partial charge on any atom is -0.455 e. The Morgan fingerprint density at radius 1 is 0.947 bits per heavy atom. The molecule has 8 heteroatoms. The predicted octanol–water partition coefficient (Wildman–Crippen LogP) is 0.107. The molecule has 19 heavy (non-hydrogen) atoms. The van der Waals surface area contributed by atoms with Gasteiger partial charge in [0, 0.05) is 20.8 Å². The van der Waals surface area contributed by atoms with Crippen LogP contribution in [-0.4, -0.2) is 49.2 Å². The van der Waals surface area contributed by atoms with E-state index in [2.05, 4.69) is 0 Å². The third kappa shape index (κ3) is 4.16. The number of carbonyl (C=O) groups excluding carboxylic acids is 3. The van der Waals surface area contributed by atoms with Gasteiger partial charge in [-0.05, 0) is 0 Å². The molecule has 7 nitrogen and oxygen atoms in total. The van der Waals surface area contributed by atoms with Gasteiger partial charge in [-0.25, -0.2) is 4.39 Å². The molecule has 1 saturated heterocycles. The molecule has 0 spiro atoms. The quantitative estimate of drug-likeness (QED) is 0.532. The lowest BCUT2D eigenvalue weighted by atomic mass is 10.1. The van der Waals surface area contributed by atoms with E-state index in [0.29, 0.717) is 0 Å². The average Bonchev–Trinajstić information content (AvgIpc) is 2.55. The van der Waals surface area contributed by atoms with Crippen LogP contribution in [0.2, 0.25) is 0 Å². The van der Waals surface area contributed by atoms with Gasteiger partial charge in [-0.15, -0.1) is 0 Å². The monoisotopic (exact) mass is 278 g/mol. The molecule has 0 aromatic carbocycles. The Bertz CT molecular complexity index is 370. The normalized spacial score (nSPS) is 29.7. The van der Waals surface area contributed by atoms with Gasteiger partial charge in [-0.2, -0.15) is 0 Å². The number of alkyl halides is 1. The van der Waals surface area contributed by atoms with Crippen molar-refractivity contribution in [2.75, 3.05) is 6.67 Å². The van der Waals surface area contributed by atoms with Crippen LogP contribution in [0, 0.1) is 0 Å². The molecule has 0 amide bonds. The van der Waals surface area contributed by atoms with Gasteiger partial charge in [-0.3, -0.25) is 14.4 Å². The Kier molecular flexibility index (Phi) is 5.22. The lowest BCUT2D eigenvalue weighted by Gasteiger charge is -2.22. The van der Waals surface area contributed by atoms with E-state index in [9.17, 15) is 18.8 Å². The SMILES string of the molecule is CC(=O)O[C@H]1O[C@@H](CF)[C@@H](OC(C)=O)[C@H]1OC(C)=O. The molecule has 1 aliphatic rings. The fourth-order valence-corrected chi connectivity index (χ4v) is 1.73. The first-order valence-electron chi connectivity index (χ1n) is 5.58. The van der Waals surface area contributed by atoms with Gasteiger partial charge in [-0.1, -0.05) is 0 Å². The van der Waals surface area contributed by atoms with Crippen LogP contribution in [0.15, 0.2) is 0 Å². The predicted molar refractivity (Wildman–Crippen MR) is 57.5 cm³/mol. The minimum atomic E-state index is -1.30. The molecule has 0 aliphatic carbocycles. The number of halogens is 1. The maximum atomic E-state index is 12.8. The summed E-state index contributed by atoms with van der Waals surface area (Å²) in [5, 5.41) is 0. The van der Waals surface area contributed by atoms with Crippen LogP contribution in [0.4, 0.5) is 4.39 Å². The van der Waals surface area contributed by atoms with Crippen molar-refractivity contribution < 1.29 is 37.7 Å². The van der Waals surface area contributed by atoms with Crippen molar-refractivity contribution in [3.8, 4) is 0 Å². The molecule has 1 fully saturated rings. The Balaban J connectivity index is 2.90. The standard InChI is InChI=1S/C11H15FO7/c1-5(13)16-9-8(4-12)19-11(18-7(3)15)10(9)17-6(2)14/h8-11H,4H2,1-3H3/t8-,9+,10+,11-/m0/s1. The molecule has 1 aliphatic heterocycles. The maximum absolute atomic E-state index is 12.8. The molecule has 0 radical (unpaired) electrons. The minimum absolute atomic E-state index is 0.687. The molecule has 0 N–H and O–H groups in total. The molecular weight excluding hydrogens is 263 g/mol. The second-order valence-electron chi connectivity index (χ2n) is 3.95. The van der Waals surface area contributed by atoms with Crippen molar-refractivity contribution in [3.05, 3.63) is 0 Å². The van der Waals surface area contributed by atoms with Crippen LogP contribution in [0.5, 0.6) is 0 Å². The molecule has 0 unspecified atom stereocenters. The van der Waals surface area contributed by atoms with E-state index >= 15 is 0 Å². The molecule has 1 heterocycles. The van der Waals surface area contributed by atoms with E-state index in [1.165, 1.54) is 0 Å². The molecule has 108 valence electrons. The number of carbonyl (C=O) groups is 3. The summed E-state index contributed by atoms with van der Waals surface area (Å²) >= 11 is 0. The van der Waals surface area contributed by atoms with E-state index in [4.69, 9.17) is 18.9 Å². The first-order valence-corrected chi connectivity index (χ1v) is 5.58. The highest BCUT2D eigenvalue weighted by molar-refractivity contribution is 5.68. The zero-order chi connectivity index (χ0) is 14.6. The lowest BCUT2D eigenvalue weighted by Crippen LogP contribution is -2.41. The Labute approximate surface area is 108 Å². The maximum Gasteiger partial charge on any atom is 0.305 e. The molecule has 4 atom stereocenters. The van der Waals surface area contributed by atoms with Crippen molar-refractivity contribution in [1.29, 1.82) is 0 Å². The number of esters is 3. The summed E-state index contributed by atoms with van der Waals surface area (Å²) in [6, 6.07) is 0. The summed E-state index contributed by atoms with van der Waals surface area (Å²) in [4.78, 5) is 32.9. The first kappa shape index (κ1) is 15.4. The van der Waals surface area contributed by atoms with Crippen molar-refractivity contribution in [3.63, 3.8) is 0 Å². The number of hydrogen-bond acceptors (Lipinski definition) is 7. The van der Waals surface area contributed by atoms with E-state index in [0.717, 1.165) is 20.8 Å². The molecule has 0 aromatic rings. The number of rotatable bonds is 4. The van der Waals surface area contributed by atoms with Crippen molar-refractivity contribution in [1.82, 2.24) is 0 Å². The van der Waals surface area contributed by atoms with Gasteiger partial charge < -0.3 is 18.9 Å². The fraction of sp³-hybridized carbons (Fsp3) is 0.727. The zero-order valence-corrected chi connectivity index (χ0v) is 10.8. The summed E-state index contributed by atoms with van der Waals surface area (Å²) in [5.74, 6) is -2.07. The van der Waals surface area contributed by atoms with Crippen molar-refractivity contribution in [2.45, 2.75) is 45.4 Å². The summed E-state index contributed by atoms with van der Waals surface area (Å²) in [7, 11) is 0. The zero-order valence-electron chi connectivity index (χ0n) is 10.8. The molecular formula is C11H15FO7. The molecule has 0 saturated carbocycles. The van der Waals surface area contributed by atoms with E-state index < -0.39 is 49.2 Å². The topological polar surface area (TPSA) is 88.1 Å². The Morgan fingerprint density at radius 3 is 1.84 bits per heavy atom. The largest absolute Gasteiger partial charge is 0.455 e. The number of ether oxygens (including phenoxy) is 4. The average molecular weight is 278 g/mol. The van der Waals surface area contributed by atoms with Crippen LogP contribution in [0.25, 0.3) is 0 Å². The van der Waals surface area contributed by atoms with Gasteiger partial charge in [0.05, 0.1) is 0 Å². The summed E-state index contributed by atoms with van der Waals surface area (Å²) in [6.07, 6.45) is -4.80. The summed E-state index contributed by atoms with van der Waals surface area (Å²) in [6.45, 7) is 2.39. The summed E-state index contributed by atoms with van der Waals surface area (Å²) in [5.41, 5.74) is 0. The van der Waals surface area contributed by atoms with Crippen LogP contribution in [0.1, 0.15) is 20.8 Å². The second-order valence-corrected chi connectivity index (χ2v) is 3.95. The Hall–Kier alpha value is -1.70. The summed E-state index contributed by atoms with van der Waals surface area (Å²) < 4.78 is 32.4. The van der Waals surface area contributed by atoms with Gasteiger partial charge in [0.15, 0.2) is 6.10 Å². The van der Waals surface area contributed by atoms with Crippen molar-refractivity contribution in [2.24, 2.45) is 0 Å². The van der Waals surface area contributed by atoms with Crippen LogP contribution in [0.3, 0.4) is 0 Å². The highest BCUT2D eigenvalue weighted by Crippen LogP contribution is 2.28.